The average Bonchev–Trinajstić information content (AvgIpc) is 2.21. The maximum absolute atomic E-state index is 12.1. The molecule has 1 saturated heterocycles. The number of carbonyl (C=O) groups is 1. The fourth-order valence-electron chi connectivity index (χ4n) is 1.83. The highest BCUT2D eigenvalue weighted by molar-refractivity contribution is 5.82. The highest BCUT2D eigenvalue weighted by Gasteiger charge is 2.34. The number of hydrogen-bond acceptors (Lipinski definition) is 3. The minimum Gasteiger partial charge on any atom is -0.393 e. The number of carbonyl (C=O) groups excluding carboxylic acids is 1. The van der Waals surface area contributed by atoms with E-state index in [1.165, 1.54) is 0 Å². The molecule has 15 heavy (non-hydrogen) atoms. The normalized spacial score (nSPS) is 27.9. The van der Waals surface area contributed by atoms with Crippen molar-refractivity contribution in [3.05, 3.63) is 0 Å². The van der Waals surface area contributed by atoms with Crippen molar-refractivity contribution in [1.29, 1.82) is 0 Å². The number of likely N-dealkylation sites (tertiary alicyclic amines) is 1. The van der Waals surface area contributed by atoms with Crippen LogP contribution in [0.15, 0.2) is 0 Å². The van der Waals surface area contributed by atoms with Gasteiger partial charge in [-0.3, -0.25) is 4.79 Å². The van der Waals surface area contributed by atoms with Gasteiger partial charge in [-0.15, -0.1) is 0 Å². The van der Waals surface area contributed by atoms with Crippen LogP contribution in [0, 0.1) is 11.3 Å². The van der Waals surface area contributed by atoms with Crippen LogP contribution in [-0.2, 0) is 4.79 Å². The summed E-state index contributed by atoms with van der Waals surface area (Å²) < 4.78 is 0. The van der Waals surface area contributed by atoms with E-state index in [2.05, 4.69) is 0 Å². The van der Waals surface area contributed by atoms with Gasteiger partial charge in [0, 0.05) is 19.6 Å². The molecule has 0 aliphatic carbocycles. The maximum atomic E-state index is 12.1. The van der Waals surface area contributed by atoms with E-state index in [0.29, 0.717) is 26.1 Å². The van der Waals surface area contributed by atoms with E-state index in [1.54, 1.807) is 0 Å². The molecule has 1 amide bonds. The number of aliphatic hydroxyl groups is 1. The van der Waals surface area contributed by atoms with Crippen LogP contribution in [0.3, 0.4) is 0 Å². The van der Waals surface area contributed by atoms with Crippen molar-refractivity contribution in [3.8, 4) is 0 Å². The fraction of sp³-hybridized carbons (Fsp3) is 0.909. The highest BCUT2D eigenvalue weighted by atomic mass is 16.3. The Hall–Kier alpha value is -0.610. The van der Waals surface area contributed by atoms with Crippen molar-refractivity contribution in [2.24, 2.45) is 17.1 Å². The second kappa shape index (κ2) is 4.49. The zero-order chi connectivity index (χ0) is 11.6. The molecule has 4 heteroatoms. The lowest BCUT2D eigenvalue weighted by atomic mass is 9.89. The van der Waals surface area contributed by atoms with Gasteiger partial charge in [-0.25, -0.2) is 0 Å². The lowest BCUT2D eigenvalue weighted by molar-refractivity contribution is -0.143. The minimum atomic E-state index is -0.484. The van der Waals surface area contributed by atoms with Crippen LogP contribution >= 0.6 is 0 Å². The Labute approximate surface area is 91.4 Å². The summed E-state index contributed by atoms with van der Waals surface area (Å²) in [5.41, 5.74) is 5.09. The lowest BCUT2D eigenvalue weighted by Crippen LogP contribution is -2.51. The molecule has 0 spiro atoms. The van der Waals surface area contributed by atoms with E-state index in [-0.39, 0.29) is 17.9 Å². The molecule has 0 aromatic heterocycles. The average molecular weight is 214 g/mol. The number of amides is 1. The summed E-state index contributed by atoms with van der Waals surface area (Å²) in [5.74, 6) is 0.264. The van der Waals surface area contributed by atoms with Crippen LogP contribution in [0.5, 0.6) is 0 Å². The SMILES string of the molecule is CC1CN(C(=O)C(C)(C)CN)CCC1O. The van der Waals surface area contributed by atoms with E-state index >= 15 is 0 Å². The number of hydrogen-bond donors (Lipinski definition) is 2. The molecule has 0 aromatic rings. The zero-order valence-corrected chi connectivity index (χ0v) is 9.86. The quantitative estimate of drug-likeness (QED) is 0.690. The number of piperidine rings is 1. The van der Waals surface area contributed by atoms with Gasteiger partial charge >= 0.3 is 0 Å². The predicted molar refractivity (Wildman–Crippen MR) is 59.2 cm³/mol. The summed E-state index contributed by atoms with van der Waals surface area (Å²) >= 11 is 0. The molecule has 2 unspecified atom stereocenters. The number of nitrogens with zero attached hydrogens (tertiary/aromatic N) is 1. The van der Waals surface area contributed by atoms with E-state index in [0.717, 1.165) is 0 Å². The molecule has 1 rings (SSSR count). The third-order valence-electron chi connectivity index (χ3n) is 3.24. The molecule has 1 fully saturated rings. The summed E-state index contributed by atoms with van der Waals surface area (Å²) in [6.07, 6.45) is 0.406. The summed E-state index contributed by atoms with van der Waals surface area (Å²) in [6.45, 7) is 7.35. The molecular formula is C11H22N2O2. The number of aliphatic hydroxyl groups excluding tert-OH is 1. The topological polar surface area (TPSA) is 66.6 Å². The third kappa shape index (κ3) is 2.69. The Balaban J connectivity index is 2.62. The summed E-state index contributed by atoms with van der Waals surface area (Å²) in [6, 6.07) is 0. The van der Waals surface area contributed by atoms with Gasteiger partial charge in [0.25, 0.3) is 0 Å². The van der Waals surface area contributed by atoms with Gasteiger partial charge in [0.2, 0.25) is 5.91 Å². The molecule has 0 saturated carbocycles. The standard InChI is InChI=1S/C11H22N2O2/c1-8-6-13(5-4-9(8)14)10(15)11(2,3)7-12/h8-9,14H,4-7,12H2,1-3H3. The number of nitrogens with two attached hydrogens (primary N) is 1. The zero-order valence-electron chi connectivity index (χ0n) is 9.86. The van der Waals surface area contributed by atoms with Crippen LogP contribution in [0.1, 0.15) is 27.2 Å². The molecule has 1 aliphatic rings. The van der Waals surface area contributed by atoms with E-state index in [1.807, 2.05) is 25.7 Å². The summed E-state index contributed by atoms with van der Waals surface area (Å²) in [5, 5.41) is 9.57. The Morgan fingerprint density at radius 2 is 2.20 bits per heavy atom. The smallest absolute Gasteiger partial charge is 0.229 e. The van der Waals surface area contributed by atoms with Crippen molar-refractivity contribution in [2.75, 3.05) is 19.6 Å². The van der Waals surface area contributed by atoms with Gasteiger partial charge in [0.1, 0.15) is 0 Å². The monoisotopic (exact) mass is 214 g/mol. The Bertz CT molecular complexity index is 241. The Kier molecular flexibility index (Phi) is 3.73. The van der Waals surface area contributed by atoms with Crippen LogP contribution in [0.2, 0.25) is 0 Å². The Morgan fingerprint density at radius 3 is 2.67 bits per heavy atom. The molecule has 3 N–H and O–H groups in total. The molecule has 88 valence electrons. The first-order chi connectivity index (χ1) is 6.88. The van der Waals surface area contributed by atoms with E-state index in [4.69, 9.17) is 5.73 Å². The first kappa shape index (κ1) is 12.5. The summed E-state index contributed by atoms with van der Waals surface area (Å²) in [4.78, 5) is 13.9. The first-order valence-corrected chi connectivity index (χ1v) is 5.56. The van der Waals surface area contributed by atoms with Gasteiger partial charge in [0.05, 0.1) is 11.5 Å². The van der Waals surface area contributed by atoms with Crippen molar-refractivity contribution in [2.45, 2.75) is 33.3 Å². The van der Waals surface area contributed by atoms with Gasteiger partial charge < -0.3 is 15.7 Å². The molecule has 4 nitrogen and oxygen atoms in total. The lowest BCUT2D eigenvalue weighted by Gasteiger charge is -2.38. The molecule has 0 aromatic carbocycles. The second-order valence-corrected chi connectivity index (χ2v) is 5.17. The van der Waals surface area contributed by atoms with Crippen LogP contribution in [0.4, 0.5) is 0 Å². The molecule has 1 heterocycles. The first-order valence-electron chi connectivity index (χ1n) is 5.56. The molecule has 1 aliphatic heterocycles. The highest BCUT2D eigenvalue weighted by Crippen LogP contribution is 2.23. The van der Waals surface area contributed by atoms with Crippen LogP contribution in [-0.4, -0.2) is 41.7 Å². The largest absolute Gasteiger partial charge is 0.393 e. The van der Waals surface area contributed by atoms with Crippen molar-refractivity contribution < 1.29 is 9.90 Å². The second-order valence-electron chi connectivity index (χ2n) is 5.17. The van der Waals surface area contributed by atoms with Crippen LogP contribution < -0.4 is 5.73 Å². The van der Waals surface area contributed by atoms with Gasteiger partial charge in [-0.2, -0.15) is 0 Å². The minimum absolute atomic E-state index is 0.101. The van der Waals surface area contributed by atoms with Crippen molar-refractivity contribution in [1.82, 2.24) is 4.90 Å². The third-order valence-corrected chi connectivity index (χ3v) is 3.24. The van der Waals surface area contributed by atoms with E-state index in [9.17, 15) is 9.90 Å². The summed E-state index contributed by atoms with van der Waals surface area (Å²) in [7, 11) is 0. The molecule has 2 atom stereocenters. The van der Waals surface area contributed by atoms with Crippen LogP contribution in [0.25, 0.3) is 0 Å². The molecule has 0 radical (unpaired) electrons. The van der Waals surface area contributed by atoms with Gasteiger partial charge in [0.15, 0.2) is 0 Å². The Morgan fingerprint density at radius 1 is 1.60 bits per heavy atom. The van der Waals surface area contributed by atoms with Gasteiger partial charge in [-0.1, -0.05) is 6.92 Å². The fourth-order valence-corrected chi connectivity index (χ4v) is 1.83. The predicted octanol–water partition coefficient (Wildman–Crippen LogP) is 0.201. The van der Waals surface area contributed by atoms with E-state index < -0.39 is 5.41 Å². The van der Waals surface area contributed by atoms with Crippen molar-refractivity contribution in [3.63, 3.8) is 0 Å². The number of rotatable bonds is 2. The maximum Gasteiger partial charge on any atom is 0.229 e. The van der Waals surface area contributed by atoms with Crippen molar-refractivity contribution >= 4 is 5.91 Å². The molecular weight excluding hydrogens is 192 g/mol. The molecule has 0 bridgehead atoms. The van der Waals surface area contributed by atoms with Gasteiger partial charge in [-0.05, 0) is 26.2 Å².